The van der Waals surface area contributed by atoms with Crippen LogP contribution in [0.15, 0.2) is 42.5 Å². The van der Waals surface area contributed by atoms with Gasteiger partial charge in [0.2, 0.25) is 12.2 Å². The van der Waals surface area contributed by atoms with E-state index in [-0.39, 0.29) is 18.2 Å². The molecule has 1 aliphatic heterocycles. The van der Waals surface area contributed by atoms with Crippen LogP contribution in [0.25, 0.3) is 0 Å². The van der Waals surface area contributed by atoms with Gasteiger partial charge < -0.3 is 15.2 Å². The average molecular weight is 333 g/mol. The van der Waals surface area contributed by atoms with E-state index in [1.807, 2.05) is 30.3 Å². The zero-order valence-electron chi connectivity index (χ0n) is 12.3. The third kappa shape index (κ3) is 3.83. The van der Waals surface area contributed by atoms with Crippen LogP contribution in [0.1, 0.15) is 23.0 Å². The molecule has 0 aromatic heterocycles. The molecule has 4 nitrogen and oxygen atoms in total. The van der Waals surface area contributed by atoms with Crippen LogP contribution in [0.3, 0.4) is 0 Å². The summed E-state index contributed by atoms with van der Waals surface area (Å²) in [6.45, 7) is 0.278. The number of halogens is 1. The normalized spacial score (nSPS) is 16.5. The second-order valence-electron chi connectivity index (χ2n) is 5.18. The Bertz CT molecular complexity index is 708. The number of thioether (sulfide) groups is 1. The van der Waals surface area contributed by atoms with E-state index in [9.17, 15) is 9.18 Å². The fourth-order valence-corrected chi connectivity index (χ4v) is 3.16. The molecule has 1 heterocycles. The average Bonchev–Trinajstić information content (AvgIpc) is 2.55. The third-order valence-electron chi connectivity index (χ3n) is 3.40. The Morgan fingerprint density at radius 1 is 1.30 bits per heavy atom. The minimum Gasteiger partial charge on any atom is -0.460 e. The minimum atomic E-state index is -0.519. The number of hydrogen-bond acceptors (Lipinski definition) is 4. The number of fused-ring (bicyclic) bond motifs is 1. The van der Waals surface area contributed by atoms with Gasteiger partial charge in [-0.25, -0.2) is 4.39 Å². The lowest BCUT2D eigenvalue weighted by atomic mass is 10.1. The van der Waals surface area contributed by atoms with E-state index in [2.05, 4.69) is 0 Å². The van der Waals surface area contributed by atoms with Crippen molar-refractivity contribution in [2.24, 2.45) is 5.73 Å². The topological polar surface area (TPSA) is 61.6 Å². The molecule has 120 valence electrons. The van der Waals surface area contributed by atoms with E-state index >= 15 is 0 Å². The molecule has 6 heteroatoms. The van der Waals surface area contributed by atoms with E-state index in [1.165, 1.54) is 23.9 Å². The Kier molecular flexibility index (Phi) is 4.83. The van der Waals surface area contributed by atoms with Gasteiger partial charge in [0.15, 0.2) is 0 Å². The lowest BCUT2D eigenvalue weighted by molar-refractivity contribution is -0.115. The van der Waals surface area contributed by atoms with Gasteiger partial charge in [-0.05, 0) is 12.1 Å². The van der Waals surface area contributed by atoms with E-state index < -0.39 is 12.2 Å². The van der Waals surface area contributed by atoms with Crippen LogP contribution < -0.4 is 10.5 Å². The first-order valence-corrected chi connectivity index (χ1v) is 8.29. The number of primary amides is 1. The van der Waals surface area contributed by atoms with Crippen molar-refractivity contribution < 1.29 is 18.7 Å². The molecule has 0 bridgehead atoms. The van der Waals surface area contributed by atoms with Crippen molar-refractivity contribution in [3.63, 3.8) is 0 Å². The maximum Gasteiger partial charge on any atom is 0.227 e. The molecule has 0 radical (unpaired) electrons. The molecule has 0 spiro atoms. The van der Waals surface area contributed by atoms with Gasteiger partial charge in [-0.3, -0.25) is 4.79 Å². The first-order chi connectivity index (χ1) is 11.1. The second-order valence-corrected chi connectivity index (χ2v) is 6.17. The van der Waals surface area contributed by atoms with Gasteiger partial charge in [-0.2, -0.15) is 0 Å². The summed E-state index contributed by atoms with van der Waals surface area (Å²) >= 11 is 1.33. The summed E-state index contributed by atoms with van der Waals surface area (Å²) < 4.78 is 25.4. The monoisotopic (exact) mass is 333 g/mol. The maximum atomic E-state index is 13.7. The third-order valence-corrected chi connectivity index (χ3v) is 4.40. The number of hydrogen-bond donors (Lipinski definition) is 1. The number of carbonyl (C=O) groups excluding carboxylic acids is 1. The van der Waals surface area contributed by atoms with Crippen molar-refractivity contribution in [3.05, 3.63) is 65.0 Å². The minimum absolute atomic E-state index is 0.184. The Balaban J connectivity index is 1.83. The molecule has 2 N–H and O–H groups in total. The maximum absolute atomic E-state index is 13.7. The van der Waals surface area contributed by atoms with Gasteiger partial charge in [0.1, 0.15) is 11.6 Å². The molecular formula is C17H16FNO3S. The van der Waals surface area contributed by atoms with E-state index in [0.29, 0.717) is 22.6 Å². The van der Waals surface area contributed by atoms with Crippen LogP contribution in [0.2, 0.25) is 0 Å². The summed E-state index contributed by atoms with van der Waals surface area (Å²) in [4.78, 5) is 10.9. The lowest BCUT2D eigenvalue weighted by Gasteiger charge is -2.28. The lowest BCUT2D eigenvalue weighted by Crippen LogP contribution is -2.19. The molecule has 23 heavy (non-hydrogen) atoms. The summed E-state index contributed by atoms with van der Waals surface area (Å²) in [6, 6.07) is 12.4. The van der Waals surface area contributed by atoms with E-state index in [1.54, 1.807) is 0 Å². The molecule has 1 aliphatic rings. The summed E-state index contributed by atoms with van der Waals surface area (Å²) in [6.07, 6.45) is -0.519. The first-order valence-electron chi connectivity index (χ1n) is 7.14. The smallest absolute Gasteiger partial charge is 0.227 e. The molecule has 2 aromatic carbocycles. The van der Waals surface area contributed by atoms with Gasteiger partial charge >= 0.3 is 0 Å². The molecule has 0 saturated carbocycles. The molecule has 0 aliphatic carbocycles. The molecule has 3 rings (SSSR count). The number of amides is 1. The Morgan fingerprint density at radius 2 is 2.09 bits per heavy atom. The Hall–Kier alpha value is -2.05. The van der Waals surface area contributed by atoms with Crippen LogP contribution >= 0.6 is 11.8 Å². The molecule has 0 fully saturated rings. The fraction of sp³-hybridized carbons (Fsp3) is 0.235. The van der Waals surface area contributed by atoms with Gasteiger partial charge in [-0.15, -0.1) is 11.8 Å². The van der Waals surface area contributed by atoms with Crippen molar-refractivity contribution >= 4 is 17.7 Å². The number of rotatable bonds is 5. The number of nitrogens with two attached hydrogens (primary N) is 1. The zero-order valence-corrected chi connectivity index (χ0v) is 13.1. The van der Waals surface area contributed by atoms with Crippen molar-refractivity contribution in [2.45, 2.75) is 18.6 Å². The molecule has 0 unspecified atom stereocenters. The van der Waals surface area contributed by atoms with Gasteiger partial charge in [0.25, 0.3) is 0 Å². The fourth-order valence-electron chi connectivity index (χ4n) is 2.42. The van der Waals surface area contributed by atoms with Gasteiger partial charge in [0.05, 0.1) is 12.4 Å². The largest absolute Gasteiger partial charge is 0.460 e. The molecule has 1 atom stereocenters. The Labute approximate surface area is 137 Å². The van der Waals surface area contributed by atoms with Crippen LogP contribution in [0.5, 0.6) is 5.75 Å². The summed E-state index contributed by atoms with van der Waals surface area (Å²) in [5, 5.41) is 0. The highest BCUT2D eigenvalue weighted by Crippen LogP contribution is 2.37. The highest BCUT2D eigenvalue weighted by Gasteiger charge is 2.25. The van der Waals surface area contributed by atoms with Crippen molar-refractivity contribution in [2.75, 3.05) is 5.75 Å². The van der Waals surface area contributed by atoms with Crippen LogP contribution in [0, 0.1) is 5.82 Å². The summed E-state index contributed by atoms with van der Waals surface area (Å²) in [5.74, 6) is 0.521. The van der Waals surface area contributed by atoms with Crippen LogP contribution in [0.4, 0.5) is 4.39 Å². The van der Waals surface area contributed by atoms with E-state index in [4.69, 9.17) is 15.2 Å². The molecular weight excluding hydrogens is 317 g/mol. The highest BCUT2D eigenvalue weighted by atomic mass is 32.2. The summed E-state index contributed by atoms with van der Waals surface area (Å²) in [5.41, 5.74) is 7.42. The van der Waals surface area contributed by atoms with Gasteiger partial charge in [0, 0.05) is 22.4 Å². The van der Waals surface area contributed by atoms with E-state index in [0.717, 1.165) is 5.56 Å². The summed E-state index contributed by atoms with van der Waals surface area (Å²) in [7, 11) is 0. The predicted octanol–water partition coefficient (Wildman–Crippen LogP) is 3.15. The SMILES string of the molecule is NC(=O)CSCc1cc(F)cc2c1O[C@H](c1ccccc1)OC2. The van der Waals surface area contributed by atoms with Crippen molar-refractivity contribution in [1.29, 1.82) is 0 Å². The van der Waals surface area contributed by atoms with Gasteiger partial charge in [-0.1, -0.05) is 30.3 Å². The quantitative estimate of drug-likeness (QED) is 0.913. The molecule has 2 aromatic rings. The molecule has 1 amide bonds. The van der Waals surface area contributed by atoms with Crippen molar-refractivity contribution in [3.8, 4) is 5.75 Å². The number of carbonyl (C=O) groups is 1. The highest BCUT2D eigenvalue weighted by molar-refractivity contribution is 7.99. The second kappa shape index (κ2) is 7.02. The Morgan fingerprint density at radius 3 is 2.83 bits per heavy atom. The molecule has 0 saturated heterocycles. The van der Waals surface area contributed by atoms with Crippen molar-refractivity contribution in [1.82, 2.24) is 0 Å². The number of benzene rings is 2. The standard InChI is InChI=1S/C17H16FNO3S/c18-14-6-12-8-21-17(11-4-2-1-3-5-11)22-16(12)13(7-14)9-23-10-15(19)20/h1-7,17H,8-10H2,(H2,19,20)/t17-/m1/s1. The number of ether oxygens (including phenoxy) is 2. The van der Waals surface area contributed by atoms with Crippen LogP contribution in [-0.4, -0.2) is 11.7 Å². The predicted molar refractivity (Wildman–Crippen MR) is 86.4 cm³/mol. The van der Waals surface area contributed by atoms with Crippen LogP contribution in [-0.2, 0) is 21.9 Å². The first kappa shape index (κ1) is 15.8. The zero-order chi connectivity index (χ0) is 16.2.